The number of hydrogen-bond acceptors (Lipinski definition) is 3. The van der Waals surface area contributed by atoms with Crippen LogP contribution in [0.2, 0.25) is 0 Å². The maximum atomic E-state index is 10.1. The van der Waals surface area contributed by atoms with E-state index in [9.17, 15) is 5.11 Å². The van der Waals surface area contributed by atoms with Crippen molar-refractivity contribution in [3.05, 3.63) is 0 Å². The van der Waals surface area contributed by atoms with Crippen molar-refractivity contribution in [2.75, 3.05) is 5.75 Å². The molecule has 1 aliphatic rings. The zero-order chi connectivity index (χ0) is 11.3. The largest absolute Gasteiger partial charge is 0.389 e. The van der Waals surface area contributed by atoms with Crippen molar-refractivity contribution in [1.29, 1.82) is 5.41 Å². The quantitative estimate of drug-likeness (QED) is 0.412. The molecule has 0 aromatic heterocycles. The van der Waals surface area contributed by atoms with Crippen LogP contribution in [0.25, 0.3) is 0 Å². The van der Waals surface area contributed by atoms with Crippen molar-refractivity contribution in [3.8, 4) is 0 Å². The number of rotatable bonds is 2. The van der Waals surface area contributed by atoms with Gasteiger partial charge >= 0.3 is 0 Å². The standard InChI is InChI=1S/C9H18N4OS/c10-7(11)13-8(12)15-6-9(14)4-2-1-3-5-9/h14H,1-6H2,(H5,10,11,12,13). The second-order valence-corrected chi connectivity index (χ2v) is 4.88. The van der Waals surface area contributed by atoms with E-state index >= 15 is 0 Å². The van der Waals surface area contributed by atoms with Crippen LogP contribution in [-0.4, -0.2) is 27.6 Å². The molecule has 86 valence electrons. The van der Waals surface area contributed by atoms with Gasteiger partial charge in [0.2, 0.25) is 0 Å². The van der Waals surface area contributed by atoms with Crippen LogP contribution in [0.15, 0.2) is 4.99 Å². The minimum atomic E-state index is -0.631. The Kier molecular flexibility index (Phi) is 4.41. The number of aliphatic hydroxyl groups is 1. The summed E-state index contributed by atoms with van der Waals surface area (Å²) in [7, 11) is 0. The summed E-state index contributed by atoms with van der Waals surface area (Å²) in [5.74, 6) is 0.394. The molecule has 1 aliphatic carbocycles. The molecule has 0 saturated heterocycles. The molecule has 0 spiro atoms. The zero-order valence-corrected chi connectivity index (χ0v) is 9.52. The van der Waals surface area contributed by atoms with Crippen molar-refractivity contribution in [2.45, 2.75) is 37.7 Å². The molecule has 1 saturated carbocycles. The van der Waals surface area contributed by atoms with Gasteiger partial charge in [-0.2, -0.15) is 4.99 Å². The molecule has 5 nitrogen and oxygen atoms in total. The minimum Gasteiger partial charge on any atom is -0.389 e. The fourth-order valence-corrected chi connectivity index (χ4v) is 2.57. The normalized spacial score (nSPS) is 19.5. The van der Waals surface area contributed by atoms with Crippen molar-refractivity contribution >= 4 is 22.9 Å². The summed E-state index contributed by atoms with van der Waals surface area (Å²) >= 11 is 1.20. The topological polar surface area (TPSA) is 108 Å². The summed E-state index contributed by atoms with van der Waals surface area (Å²) in [6.45, 7) is 0. The Morgan fingerprint density at radius 3 is 2.47 bits per heavy atom. The van der Waals surface area contributed by atoms with Gasteiger partial charge in [0.15, 0.2) is 11.1 Å². The molecule has 0 heterocycles. The van der Waals surface area contributed by atoms with E-state index < -0.39 is 5.60 Å². The fraction of sp³-hybridized carbons (Fsp3) is 0.778. The maximum Gasteiger partial charge on any atom is 0.193 e. The summed E-state index contributed by atoms with van der Waals surface area (Å²) in [5, 5.41) is 17.6. The third kappa shape index (κ3) is 4.53. The van der Waals surface area contributed by atoms with Crippen molar-refractivity contribution in [2.24, 2.45) is 16.5 Å². The van der Waals surface area contributed by atoms with Crippen molar-refractivity contribution in [3.63, 3.8) is 0 Å². The first-order chi connectivity index (χ1) is 7.02. The van der Waals surface area contributed by atoms with E-state index in [2.05, 4.69) is 4.99 Å². The van der Waals surface area contributed by atoms with E-state index in [0.29, 0.717) is 5.75 Å². The molecule has 1 fully saturated rings. The third-order valence-corrected chi connectivity index (χ3v) is 3.54. The Labute approximate surface area is 93.8 Å². The monoisotopic (exact) mass is 230 g/mol. The number of nitrogens with one attached hydrogen (secondary N) is 1. The number of amidine groups is 1. The second-order valence-electron chi connectivity index (χ2n) is 3.92. The zero-order valence-electron chi connectivity index (χ0n) is 8.70. The second kappa shape index (κ2) is 5.37. The van der Waals surface area contributed by atoms with Gasteiger partial charge in [-0.1, -0.05) is 31.0 Å². The van der Waals surface area contributed by atoms with Crippen molar-refractivity contribution < 1.29 is 5.11 Å². The van der Waals surface area contributed by atoms with Gasteiger partial charge in [-0.05, 0) is 12.8 Å². The molecule has 6 N–H and O–H groups in total. The Morgan fingerprint density at radius 2 is 1.93 bits per heavy atom. The van der Waals surface area contributed by atoms with E-state index in [4.69, 9.17) is 16.9 Å². The van der Waals surface area contributed by atoms with Gasteiger partial charge in [0.1, 0.15) is 0 Å². The number of nitrogens with zero attached hydrogens (tertiary/aromatic N) is 1. The summed E-state index contributed by atoms with van der Waals surface area (Å²) in [6.07, 6.45) is 4.95. The average Bonchev–Trinajstić information content (AvgIpc) is 2.15. The molecule has 0 unspecified atom stereocenters. The molecule has 0 radical (unpaired) electrons. The van der Waals surface area contributed by atoms with Crippen LogP contribution in [0.1, 0.15) is 32.1 Å². The molecular weight excluding hydrogens is 212 g/mol. The summed E-state index contributed by atoms with van der Waals surface area (Å²) in [5.41, 5.74) is 9.66. The van der Waals surface area contributed by atoms with E-state index in [1.165, 1.54) is 18.2 Å². The predicted octanol–water partition coefficient (Wildman–Crippen LogP) is 0.623. The molecule has 0 bridgehead atoms. The molecule has 0 aromatic rings. The van der Waals surface area contributed by atoms with Gasteiger partial charge < -0.3 is 16.6 Å². The van der Waals surface area contributed by atoms with Crippen LogP contribution in [0.3, 0.4) is 0 Å². The van der Waals surface area contributed by atoms with Gasteiger partial charge in [-0.15, -0.1) is 0 Å². The SMILES string of the molecule is N=C(N=C(N)N)SCC1(O)CCCCC1. The Balaban J connectivity index is 2.35. The Morgan fingerprint density at radius 1 is 1.33 bits per heavy atom. The van der Waals surface area contributed by atoms with E-state index in [1.807, 2.05) is 0 Å². The van der Waals surface area contributed by atoms with E-state index in [-0.39, 0.29) is 11.1 Å². The van der Waals surface area contributed by atoms with Gasteiger partial charge in [-0.3, -0.25) is 5.41 Å². The molecule has 0 amide bonds. The van der Waals surface area contributed by atoms with Crippen LogP contribution in [-0.2, 0) is 0 Å². The Hall–Kier alpha value is -0.750. The number of hydrogen-bond donors (Lipinski definition) is 4. The van der Waals surface area contributed by atoms with Crippen LogP contribution in [0.5, 0.6) is 0 Å². The minimum absolute atomic E-state index is 0.0639. The highest BCUT2D eigenvalue weighted by atomic mass is 32.2. The first-order valence-electron chi connectivity index (χ1n) is 5.05. The first-order valence-corrected chi connectivity index (χ1v) is 6.04. The Bertz CT molecular complexity index is 257. The highest BCUT2D eigenvalue weighted by Gasteiger charge is 2.29. The first kappa shape index (κ1) is 12.3. The number of guanidine groups is 1. The molecule has 0 aromatic carbocycles. The van der Waals surface area contributed by atoms with Crippen LogP contribution < -0.4 is 11.5 Å². The predicted molar refractivity (Wildman–Crippen MR) is 64.0 cm³/mol. The molecular formula is C9H18N4OS. The molecule has 0 aliphatic heterocycles. The van der Waals surface area contributed by atoms with Gasteiger partial charge in [0.05, 0.1) is 5.60 Å². The molecule has 15 heavy (non-hydrogen) atoms. The average molecular weight is 230 g/mol. The smallest absolute Gasteiger partial charge is 0.193 e. The van der Waals surface area contributed by atoms with E-state index in [1.54, 1.807) is 0 Å². The third-order valence-electron chi connectivity index (χ3n) is 2.49. The number of thioether (sulfide) groups is 1. The number of nitrogens with two attached hydrogens (primary N) is 2. The lowest BCUT2D eigenvalue weighted by Gasteiger charge is -2.31. The van der Waals surface area contributed by atoms with E-state index in [0.717, 1.165) is 25.7 Å². The molecule has 6 heteroatoms. The lowest BCUT2D eigenvalue weighted by atomic mass is 9.86. The van der Waals surface area contributed by atoms with Crippen molar-refractivity contribution in [1.82, 2.24) is 0 Å². The lowest BCUT2D eigenvalue weighted by molar-refractivity contribution is 0.0274. The maximum absolute atomic E-state index is 10.1. The molecule has 0 atom stereocenters. The number of aliphatic imine (C=N–C) groups is 1. The van der Waals surface area contributed by atoms with Crippen LogP contribution in [0.4, 0.5) is 0 Å². The summed E-state index contributed by atoms with van der Waals surface area (Å²) < 4.78 is 0. The summed E-state index contributed by atoms with van der Waals surface area (Å²) in [6, 6.07) is 0. The van der Waals surface area contributed by atoms with Gasteiger partial charge in [0.25, 0.3) is 0 Å². The molecule has 1 rings (SSSR count). The summed E-state index contributed by atoms with van der Waals surface area (Å²) in [4.78, 5) is 3.60. The fourth-order valence-electron chi connectivity index (χ4n) is 1.71. The lowest BCUT2D eigenvalue weighted by Crippen LogP contribution is -2.34. The highest BCUT2D eigenvalue weighted by molar-refractivity contribution is 8.13. The van der Waals surface area contributed by atoms with Crippen LogP contribution >= 0.6 is 11.8 Å². The van der Waals surface area contributed by atoms with Gasteiger partial charge in [0, 0.05) is 5.75 Å². The highest BCUT2D eigenvalue weighted by Crippen LogP contribution is 2.31. The van der Waals surface area contributed by atoms with Gasteiger partial charge in [-0.25, -0.2) is 0 Å². The van der Waals surface area contributed by atoms with Crippen LogP contribution in [0, 0.1) is 5.41 Å².